The van der Waals surface area contributed by atoms with Gasteiger partial charge in [0.25, 0.3) is 0 Å². The molecule has 2 nitrogen and oxygen atoms in total. The van der Waals surface area contributed by atoms with E-state index in [-0.39, 0.29) is 35.7 Å². The Morgan fingerprint density at radius 1 is 0.957 bits per heavy atom. The molecule has 4 heteroatoms. The largest absolute Gasteiger partial charge is 0.358 e. The molecule has 0 amide bonds. The Morgan fingerprint density at radius 3 is 1.83 bits per heavy atom. The Morgan fingerprint density at radius 2 is 1.48 bits per heavy atom. The van der Waals surface area contributed by atoms with E-state index in [1.54, 1.807) is 13.3 Å². The zero-order chi connectivity index (χ0) is 16.5. The van der Waals surface area contributed by atoms with Crippen LogP contribution < -0.4 is 0 Å². The van der Waals surface area contributed by atoms with E-state index in [0.29, 0.717) is 0 Å². The molecule has 0 aliphatic rings. The van der Waals surface area contributed by atoms with E-state index >= 15 is 0 Å². The van der Waals surface area contributed by atoms with Crippen molar-refractivity contribution in [3.8, 4) is 11.3 Å². The van der Waals surface area contributed by atoms with Crippen LogP contribution in [0.2, 0.25) is 0 Å². The molecule has 0 atom stereocenters. The molecule has 0 fully saturated rings. The van der Waals surface area contributed by atoms with Crippen molar-refractivity contribution in [1.29, 1.82) is 0 Å². The molecule has 0 N–H and O–H groups in total. The van der Waals surface area contributed by atoms with Crippen LogP contribution in [0.5, 0.6) is 0 Å². The summed E-state index contributed by atoms with van der Waals surface area (Å²) in [6.45, 7) is 12.2. The van der Waals surface area contributed by atoms with Gasteiger partial charge < -0.3 is 12.4 Å². The van der Waals surface area contributed by atoms with Gasteiger partial charge in [0.05, 0.1) is 20.4 Å². The van der Waals surface area contributed by atoms with E-state index in [4.69, 9.17) is 4.52 Å². The first-order valence-electron chi connectivity index (χ1n) is 7.46. The summed E-state index contributed by atoms with van der Waals surface area (Å²) in [5.41, 5.74) is 2.01. The summed E-state index contributed by atoms with van der Waals surface area (Å²) in [4.78, 5) is 4.22. The van der Waals surface area contributed by atoms with Crippen LogP contribution in [0.15, 0.2) is 48.7 Å². The first-order valence-corrected chi connectivity index (χ1v) is 9.87. The SMILES string of the molecule is CC.CC.CO[PH+](C)C.[CH3-].[Ir].[c-]1ccccc1-c1ccccn1. The molecule has 0 bridgehead atoms. The minimum Gasteiger partial charge on any atom is -0.358 e. The number of hydrogen-bond acceptors (Lipinski definition) is 2. The fraction of sp³-hybridized carbons (Fsp3) is 0.368. The normalized spacial score (nSPS) is 7.65. The second kappa shape index (κ2) is 23.7. The molecule has 135 valence electrons. The molecule has 1 aromatic carbocycles. The van der Waals surface area contributed by atoms with Gasteiger partial charge in [0.2, 0.25) is 0 Å². The summed E-state index contributed by atoms with van der Waals surface area (Å²) in [6.07, 6.45) is 1.79. The van der Waals surface area contributed by atoms with Gasteiger partial charge >= 0.3 is 0 Å². The predicted molar refractivity (Wildman–Crippen MR) is 105 cm³/mol. The van der Waals surface area contributed by atoms with Crippen LogP contribution in [0.3, 0.4) is 0 Å². The third-order valence-corrected chi connectivity index (χ3v) is 2.87. The Labute approximate surface area is 159 Å². The topological polar surface area (TPSA) is 22.1 Å². The van der Waals surface area contributed by atoms with Gasteiger partial charge in [0.15, 0.2) is 0 Å². The van der Waals surface area contributed by atoms with E-state index in [9.17, 15) is 0 Å². The third kappa shape index (κ3) is 17.6. The average Bonchev–Trinajstić information content (AvgIpc) is 2.60. The van der Waals surface area contributed by atoms with Crippen LogP contribution in [0.25, 0.3) is 11.3 Å². The average molecular weight is 515 g/mol. The van der Waals surface area contributed by atoms with Crippen molar-refractivity contribution in [3.05, 3.63) is 62.2 Å². The van der Waals surface area contributed by atoms with Gasteiger partial charge in [-0.1, -0.05) is 39.8 Å². The summed E-state index contributed by atoms with van der Waals surface area (Å²) in [7, 11) is 1.37. The second-order valence-electron chi connectivity index (χ2n) is 3.60. The van der Waals surface area contributed by atoms with Crippen molar-refractivity contribution >= 4 is 8.15 Å². The molecule has 23 heavy (non-hydrogen) atoms. The Kier molecular flexibility index (Phi) is 31.2. The van der Waals surface area contributed by atoms with E-state index < -0.39 is 0 Å². The van der Waals surface area contributed by atoms with Gasteiger partial charge in [0.1, 0.15) is 8.15 Å². The number of aromatic nitrogens is 1. The number of nitrogens with zero attached hydrogens (tertiary/aromatic N) is 1. The smallest absolute Gasteiger partial charge is 0.126 e. The van der Waals surface area contributed by atoms with Gasteiger partial charge in [-0.3, -0.25) is 0 Å². The first-order chi connectivity index (χ1) is 10.2. The Hall–Kier alpha value is -0.591. The molecule has 0 unspecified atom stereocenters. The third-order valence-electron chi connectivity index (χ3n) is 2.06. The molecule has 1 radical (unpaired) electrons. The minimum absolute atomic E-state index is 0. The van der Waals surface area contributed by atoms with Crippen LogP contribution in [0.1, 0.15) is 27.7 Å². The van der Waals surface area contributed by atoms with Crippen molar-refractivity contribution in [2.45, 2.75) is 27.7 Å². The van der Waals surface area contributed by atoms with Crippen molar-refractivity contribution in [3.63, 3.8) is 0 Å². The second-order valence-corrected chi connectivity index (χ2v) is 5.83. The van der Waals surface area contributed by atoms with Gasteiger partial charge in [-0.05, 0) is 11.8 Å². The number of benzene rings is 1. The van der Waals surface area contributed by atoms with Gasteiger partial charge in [-0.15, -0.1) is 35.9 Å². The number of hydrogen-bond donors (Lipinski definition) is 0. The molecule has 0 saturated carbocycles. The van der Waals surface area contributed by atoms with Crippen molar-refractivity contribution in [2.75, 3.05) is 20.4 Å². The standard InChI is InChI=1S/C11H8N.C3H9OP.2C2H6.CH3.Ir/c1-2-6-10(7-3-1)11-8-4-5-9-12-11;1-4-5(2)3;2*1-2;;/h1-6,8-9H;1-3H3;2*1-2H3;1H3;/q-1;;;;-1;/p+1. The maximum Gasteiger partial charge on any atom is 0.126 e. The molecule has 0 saturated heterocycles. The fourth-order valence-corrected chi connectivity index (χ4v) is 1.07. The van der Waals surface area contributed by atoms with Crippen LogP contribution in [-0.4, -0.2) is 25.4 Å². The number of pyridine rings is 1. The Balaban J connectivity index is -0.000000142. The van der Waals surface area contributed by atoms with Crippen LogP contribution in [0, 0.1) is 13.5 Å². The molecular formula is C19H33IrNOP-. The van der Waals surface area contributed by atoms with Crippen LogP contribution >= 0.6 is 8.15 Å². The van der Waals surface area contributed by atoms with Crippen molar-refractivity contribution in [2.24, 2.45) is 0 Å². The molecule has 2 aromatic rings. The molecule has 2 rings (SSSR count). The molecule has 0 aliphatic heterocycles. The van der Waals surface area contributed by atoms with Gasteiger partial charge in [-0.2, -0.15) is 0 Å². The van der Waals surface area contributed by atoms with Crippen LogP contribution in [-0.2, 0) is 24.6 Å². The summed E-state index contributed by atoms with van der Waals surface area (Å²) in [6, 6.07) is 16.8. The number of rotatable bonds is 2. The zero-order valence-corrected chi connectivity index (χ0v) is 19.2. The van der Waals surface area contributed by atoms with Gasteiger partial charge in [-0.25, -0.2) is 4.52 Å². The predicted octanol–water partition coefficient (Wildman–Crippen LogP) is 6.07. The van der Waals surface area contributed by atoms with E-state index in [0.717, 1.165) is 11.3 Å². The van der Waals surface area contributed by atoms with E-state index in [1.807, 2.05) is 70.2 Å². The molecule has 1 aromatic heterocycles. The fourth-order valence-electron chi connectivity index (χ4n) is 1.07. The molecule has 0 aliphatic carbocycles. The van der Waals surface area contributed by atoms with E-state index in [1.165, 1.54) is 0 Å². The maximum atomic E-state index is 4.85. The first kappa shape index (κ1) is 30.3. The molecular weight excluding hydrogens is 481 g/mol. The van der Waals surface area contributed by atoms with Gasteiger partial charge in [0, 0.05) is 26.3 Å². The summed E-state index contributed by atoms with van der Waals surface area (Å²) >= 11 is 0. The minimum atomic E-state index is -0.374. The molecule has 1 heterocycles. The maximum absolute atomic E-state index is 4.85. The van der Waals surface area contributed by atoms with Crippen LogP contribution in [0.4, 0.5) is 0 Å². The van der Waals surface area contributed by atoms with E-state index in [2.05, 4.69) is 24.4 Å². The summed E-state index contributed by atoms with van der Waals surface area (Å²) < 4.78 is 4.85. The quantitative estimate of drug-likeness (QED) is 0.359. The Bertz CT molecular complexity index is 373. The monoisotopic (exact) mass is 515 g/mol. The molecule has 0 spiro atoms. The van der Waals surface area contributed by atoms with Crippen molar-refractivity contribution in [1.82, 2.24) is 4.98 Å². The zero-order valence-electron chi connectivity index (χ0n) is 15.8. The summed E-state index contributed by atoms with van der Waals surface area (Å²) in [5, 5.41) is 0. The van der Waals surface area contributed by atoms with Crippen molar-refractivity contribution < 1.29 is 24.6 Å². The summed E-state index contributed by atoms with van der Waals surface area (Å²) in [5.74, 6) is 0.